The molecule has 0 radical (unpaired) electrons. The minimum absolute atomic E-state index is 0.111. The molecule has 1 aromatic heterocycles. The Bertz CT molecular complexity index is 243. The molecule has 1 amide bonds. The Morgan fingerprint density at radius 2 is 2.60 bits per heavy atom. The van der Waals surface area contributed by atoms with Gasteiger partial charge in [0.25, 0.3) is 5.91 Å². The topological polar surface area (TPSA) is 78.0 Å². The number of carbonyl (C=O) groups excluding carboxylic acids is 1. The molecule has 1 heterocycles. The van der Waals surface area contributed by atoms with Crippen LogP contribution in [0.2, 0.25) is 0 Å². The lowest BCUT2D eigenvalue weighted by atomic mass is 10.6. The first-order valence-corrected chi connectivity index (χ1v) is 2.70. The van der Waals surface area contributed by atoms with Crippen molar-refractivity contribution in [3.8, 4) is 5.88 Å². The van der Waals surface area contributed by atoms with Crippen LogP contribution in [0.3, 0.4) is 0 Å². The van der Waals surface area contributed by atoms with Crippen LogP contribution < -0.4 is 5.32 Å². The van der Waals surface area contributed by atoms with Gasteiger partial charge in [-0.25, -0.2) is 4.98 Å². The van der Waals surface area contributed by atoms with Crippen LogP contribution in [0, 0.1) is 0 Å². The van der Waals surface area contributed by atoms with Gasteiger partial charge in [0.15, 0.2) is 5.82 Å². The number of H-pyrrole nitrogens is 1. The summed E-state index contributed by atoms with van der Waals surface area (Å²) in [5.41, 5.74) is 0. The quantitative estimate of drug-likeness (QED) is 0.492. The van der Waals surface area contributed by atoms with E-state index in [9.17, 15) is 4.79 Å². The smallest absolute Gasteiger partial charge is 0.286 e. The van der Waals surface area contributed by atoms with E-state index in [4.69, 9.17) is 5.11 Å². The minimum atomic E-state index is -0.347. The number of rotatable bonds is 1. The highest BCUT2D eigenvalue weighted by atomic mass is 16.3. The van der Waals surface area contributed by atoms with Crippen LogP contribution >= 0.6 is 0 Å². The van der Waals surface area contributed by atoms with Crippen molar-refractivity contribution in [3.63, 3.8) is 0 Å². The zero-order chi connectivity index (χ0) is 7.56. The Morgan fingerprint density at radius 3 is 3.00 bits per heavy atom. The third kappa shape index (κ3) is 1.07. The summed E-state index contributed by atoms with van der Waals surface area (Å²) < 4.78 is 0. The average Bonchev–Trinajstić information content (AvgIpc) is 2.34. The fraction of sp³-hybridized carbons (Fsp3) is 0.200. The molecule has 0 aliphatic heterocycles. The summed E-state index contributed by atoms with van der Waals surface area (Å²) in [6.07, 6.45) is 1.17. The Morgan fingerprint density at radius 1 is 1.90 bits per heavy atom. The van der Waals surface area contributed by atoms with Crippen molar-refractivity contribution in [2.45, 2.75) is 0 Å². The lowest BCUT2D eigenvalue weighted by molar-refractivity contribution is 0.0953. The van der Waals surface area contributed by atoms with Crippen LogP contribution in [0.1, 0.15) is 10.6 Å². The standard InChI is InChI=1S/C5H7N3O2/c1-6-5(10)4-7-2-3(9)8-4/h2,9H,1H3,(H,6,10)(H,7,8). The molecule has 0 atom stereocenters. The minimum Gasteiger partial charge on any atom is -0.493 e. The number of hydrogen-bond acceptors (Lipinski definition) is 3. The van der Waals surface area contributed by atoms with Gasteiger partial charge in [0.2, 0.25) is 5.88 Å². The van der Waals surface area contributed by atoms with Crippen molar-refractivity contribution in [2.75, 3.05) is 7.05 Å². The van der Waals surface area contributed by atoms with E-state index in [1.807, 2.05) is 0 Å². The molecular formula is C5H7N3O2. The first-order chi connectivity index (χ1) is 4.74. The van der Waals surface area contributed by atoms with Crippen LogP contribution in [-0.4, -0.2) is 28.0 Å². The highest BCUT2D eigenvalue weighted by Crippen LogP contribution is 2.01. The van der Waals surface area contributed by atoms with Gasteiger partial charge in [-0.2, -0.15) is 0 Å². The number of amides is 1. The predicted octanol–water partition coefficient (Wildman–Crippen LogP) is -0.525. The molecule has 0 unspecified atom stereocenters. The predicted molar refractivity (Wildman–Crippen MR) is 33.6 cm³/mol. The Hall–Kier alpha value is -1.52. The van der Waals surface area contributed by atoms with Crippen molar-refractivity contribution in [2.24, 2.45) is 0 Å². The van der Waals surface area contributed by atoms with Gasteiger partial charge in [-0.1, -0.05) is 0 Å². The van der Waals surface area contributed by atoms with Crippen molar-refractivity contribution < 1.29 is 9.90 Å². The molecule has 3 N–H and O–H groups in total. The van der Waals surface area contributed by atoms with Crippen molar-refractivity contribution in [1.29, 1.82) is 0 Å². The number of aromatic nitrogens is 2. The number of aromatic amines is 1. The normalized spacial score (nSPS) is 9.30. The van der Waals surface area contributed by atoms with E-state index in [1.54, 1.807) is 0 Å². The van der Waals surface area contributed by atoms with Crippen molar-refractivity contribution >= 4 is 5.91 Å². The molecule has 0 saturated heterocycles. The zero-order valence-electron chi connectivity index (χ0n) is 5.38. The van der Waals surface area contributed by atoms with Gasteiger partial charge >= 0.3 is 0 Å². The van der Waals surface area contributed by atoms with E-state index < -0.39 is 0 Å². The second kappa shape index (κ2) is 2.38. The first kappa shape index (κ1) is 6.60. The molecule has 0 spiro atoms. The van der Waals surface area contributed by atoms with Crippen molar-refractivity contribution in [3.05, 3.63) is 12.0 Å². The molecular weight excluding hydrogens is 134 g/mol. The maximum absolute atomic E-state index is 10.7. The molecule has 0 fully saturated rings. The second-order valence-electron chi connectivity index (χ2n) is 1.70. The molecule has 0 aliphatic carbocycles. The summed E-state index contributed by atoms with van der Waals surface area (Å²) in [5.74, 6) is -0.348. The van der Waals surface area contributed by atoms with Crippen LogP contribution in [0.4, 0.5) is 0 Å². The fourth-order valence-corrected chi connectivity index (χ4v) is 0.545. The molecule has 0 aliphatic rings. The molecule has 1 aromatic rings. The highest BCUT2D eigenvalue weighted by Gasteiger charge is 2.05. The van der Waals surface area contributed by atoms with Crippen LogP contribution in [0.25, 0.3) is 0 Å². The molecule has 0 saturated carbocycles. The van der Waals surface area contributed by atoms with Crippen LogP contribution in [0.5, 0.6) is 5.88 Å². The van der Waals surface area contributed by atoms with Gasteiger partial charge in [0.1, 0.15) is 0 Å². The second-order valence-corrected chi connectivity index (χ2v) is 1.70. The lowest BCUT2D eigenvalue weighted by Crippen LogP contribution is -2.19. The first-order valence-electron chi connectivity index (χ1n) is 2.70. The largest absolute Gasteiger partial charge is 0.493 e. The summed E-state index contributed by atoms with van der Waals surface area (Å²) in [5, 5.41) is 11.1. The number of nitrogens with zero attached hydrogens (tertiary/aromatic N) is 1. The number of aromatic hydroxyl groups is 1. The summed E-state index contributed by atoms with van der Waals surface area (Å²) in [7, 11) is 1.49. The fourth-order valence-electron chi connectivity index (χ4n) is 0.545. The maximum Gasteiger partial charge on any atom is 0.286 e. The summed E-state index contributed by atoms with van der Waals surface area (Å²) in [4.78, 5) is 16.6. The molecule has 5 heteroatoms. The van der Waals surface area contributed by atoms with Gasteiger partial charge in [-0.3, -0.25) is 4.79 Å². The molecule has 0 bridgehead atoms. The van der Waals surface area contributed by atoms with Gasteiger partial charge < -0.3 is 15.4 Å². The third-order valence-electron chi connectivity index (χ3n) is 1.00. The third-order valence-corrected chi connectivity index (χ3v) is 1.00. The number of nitrogens with one attached hydrogen (secondary N) is 2. The van der Waals surface area contributed by atoms with E-state index in [0.717, 1.165) is 0 Å². The molecule has 0 aromatic carbocycles. The molecule has 54 valence electrons. The monoisotopic (exact) mass is 141 g/mol. The van der Waals surface area contributed by atoms with Gasteiger partial charge in [-0.15, -0.1) is 0 Å². The lowest BCUT2D eigenvalue weighted by Gasteiger charge is -1.90. The Kier molecular flexibility index (Phi) is 1.57. The van der Waals surface area contributed by atoms with Crippen LogP contribution in [0.15, 0.2) is 6.20 Å². The highest BCUT2D eigenvalue weighted by molar-refractivity contribution is 5.90. The SMILES string of the molecule is CNC(=O)c1ncc(O)[nH]1. The van der Waals surface area contributed by atoms with Gasteiger partial charge in [0.05, 0.1) is 6.20 Å². The maximum atomic E-state index is 10.7. The van der Waals surface area contributed by atoms with Gasteiger partial charge in [0, 0.05) is 7.05 Å². The molecule has 5 nitrogen and oxygen atoms in total. The Balaban J connectivity index is 2.85. The zero-order valence-corrected chi connectivity index (χ0v) is 5.38. The number of hydrogen-bond donors (Lipinski definition) is 3. The average molecular weight is 141 g/mol. The van der Waals surface area contributed by atoms with Gasteiger partial charge in [-0.05, 0) is 0 Å². The van der Waals surface area contributed by atoms with E-state index in [0.29, 0.717) is 0 Å². The molecule has 1 rings (SSSR count). The molecule has 10 heavy (non-hydrogen) atoms. The summed E-state index contributed by atoms with van der Waals surface area (Å²) >= 11 is 0. The summed E-state index contributed by atoms with van der Waals surface area (Å²) in [6, 6.07) is 0. The van der Waals surface area contributed by atoms with E-state index in [1.165, 1.54) is 13.2 Å². The summed E-state index contributed by atoms with van der Waals surface area (Å²) in [6.45, 7) is 0. The number of imidazole rings is 1. The van der Waals surface area contributed by atoms with Crippen LogP contribution in [-0.2, 0) is 0 Å². The Labute approximate surface area is 57.1 Å². The van der Waals surface area contributed by atoms with E-state index in [-0.39, 0.29) is 17.6 Å². The van der Waals surface area contributed by atoms with E-state index in [2.05, 4.69) is 15.3 Å². The van der Waals surface area contributed by atoms with E-state index >= 15 is 0 Å². The number of carbonyl (C=O) groups is 1. The van der Waals surface area contributed by atoms with Crippen molar-refractivity contribution in [1.82, 2.24) is 15.3 Å².